The number of rotatable bonds is 3. The summed E-state index contributed by atoms with van der Waals surface area (Å²) < 4.78 is 1.28. The van der Waals surface area contributed by atoms with Crippen molar-refractivity contribution in [1.29, 1.82) is 0 Å². The molecule has 3 rings (SSSR count). The Labute approximate surface area is 126 Å². The zero-order valence-corrected chi connectivity index (χ0v) is 12.0. The molecule has 0 radical (unpaired) electrons. The normalized spacial score (nSPS) is 10.6. The van der Waals surface area contributed by atoms with Crippen molar-refractivity contribution in [2.24, 2.45) is 0 Å². The molecule has 1 N–H and O–H groups in total. The van der Waals surface area contributed by atoms with Gasteiger partial charge in [0, 0.05) is 23.3 Å². The number of carbonyl (C=O) groups is 1. The SMILES string of the molecule is Cc1cncn(CC(=O)Nc2cccc3cccnc23)c1=O. The number of aryl methyl sites for hydroxylation is 1. The Morgan fingerprint density at radius 3 is 2.95 bits per heavy atom. The van der Waals surface area contributed by atoms with Crippen LogP contribution in [0.3, 0.4) is 0 Å². The van der Waals surface area contributed by atoms with Crippen LogP contribution in [0.1, 0.15) is 5.56 Å². The molecule has 0 bridgehead atoms. The summed E-state index contributed by atoms with van der Waals surface area (Å²) in [7, 11) is 0. The minimum atomic E-state index is -0.298. The molecule has 0 unspecified atom stereocenters. The Morgan fingerprint density at radius 2 is 2.09 bits per heavy atom. The topological polar surface area (TPSA) is 76.9 Å². The van der Waals surface area contributed by atoms with E-state index in [1.54, 1.807) is 19.2 Å². The van der Waals surface area contributed by atoms with Gasteiger partial charge in [-0.1, -0.05) is 18.2 Å². The summed E-state index contributed by atoms with van der Waals surface area (Å²) in [5, 5.41) is 3.73. The molecule has 1 aromatic carbocycles. The van der Waals surface area contributed by atoms with Crippen LogP contribution >= 0.6 is 0 Å². The van der Waals surface area contributed by atoms with Gasteiger partial charge in [0.2, 0.25) is 5.91 Å². The third-order valence-corrected chi connectivity index (χ3v) is 3.29. The van der Waals surface area contributed by atoms with Gasteiger partial charge in [-0.3, -0.25) is 19.1 Å². The number of nitrogens with one attached hydrogen (secondary N) is 1. The molecular weight excluding hydrogens is 280 g/mol. The molecule has 0 aliphatic rings. The maximum Gasteiger partial charge on any atom is 0.256 e. The third-order valence-electron chi connectivity index (χ3n) is 3.29. The van der Waals surface area contributed by atoms with E-state index in [-0.39, 0.29) is 18.0 Å². The fourth-order valence-electron chi connectivity index (χ4n) is 2.22. The van der Waals surface area contributed by atoms with Crippen LogP contribution in [-0.2, 0) is 11.3 Å². The van der Waals surface area contributed by atoms with E-state index < -0.39 is 0 Å². The molecule has 0 saturated carbocycles. The lowest BCUT2D eigenvalue weighted by atomic mass is 10.2. The molecule has 0 spiro atoms. The van der Waals surface area contributed by atoms with Gasteiger partial charge in [-0.15, -0.1) is 0 Å². The van der Waals surface area contributed by atoms with Crippen LogP contribution < -0.4 is 10.9 Å². The first-order valence-corrected chi connectivity index (χ1v) is 6.80. The average molecular weight is 294 g/mol. The van der Waals surface area contributed by atoms with Gasteiger partial charge in [-0.25, -0.2) is 4.98 Å². The standard InChI is InChI=1S/C16H14N4O2/c1-11-8-17-10-20(16(11)22)9-14(21)19-13-6-2-4-12-5-3-7-18-15(12)13/h2-8,10H,9H2,1H3,(H,19,21). The third kappa shape index (κ3) is 2.71. The van der Waals surface area contributed by atoms with E-state index in [9.17, 15) is 9.59 Å². The summed E-state index contributed by atoms with van der Waals surface area (Å²) in [5.41, 5.74) is 1.62. The minimum Gasteiger partial charge on any atom is -0.323 e. The van der Waals surface area contributed by atoms with Crippen LogP contribution in [0.4, 0.5) is 5.69 Å². The summed E-state index contributed by atoms with van der Waals surface area (Å²) in [6.45, 7) is 1.58. The van der Waals surface area contributed by atoms with Crippen molar-refractivity contribution in [3.63, 3.8) is 0 Å². The number of amides is 1. The summed E-state index contributed by atoms with van der Waals surface area (Å²) >= 11 is 0. The molecule has 0 atom stereocenters. The summed E-state index contributed by atoms with van der Waals surface area (Å²) in [5.74, 6) is -0.298. The largest absolute Gasteiger partial charge is 0.323 e. The molecule has 2 aromatic heterocycles. The zero-order valence-electron chi connectivity index (χ0n) is 12.0. The van der Waals surface area contributed by atoms with E-state index in [2.05, 4.69) is 15.3 Å². The van der Waals surface area contributed by atoms with Gasteiger partial charge in [0.1, 0.15) is 6.54 Å². The van der Waals surface area contributed by atoms with Crippen molar-refractivity contribution in [3.05, 3.63) is 65.0 Å². The molecule has 0 aliphatic heterocycles. The molecule has 22 heavy (non-hydrogen) atoms. The van der Waals surface area contributed by atoms with E-state index in [4.69, 9.17) is 0 Å². The number of para-hydroxylation sites is 1. The van der Waals surface area contributed by atoms with Crippen molar-refractivity contribution < 1.29 is 4.79 Å². The summed E-state index contributed by atoms with van der Waals surface area (Å²) in [6, 6.07) is 9.32. The van der Waals surface area contributed by atoms with Crippen molar-refractivity contribution >= 4 is 22.5 Å². The number of anilines is 1. The molecule has 6 nitrogen and oxygen atoms in total. The number of aromatic nitrogens is 3. The van der Waals surface area contributed by atoms with Crippen LogP contribution in [0.2, 0.25) is 0 Å². The van der Waals surface area contributed by atoms with Crippen LogP contribution in [0.15, 0.2) is 53.8 Å². The lowest BCUT2D eigenvalue weighted by molar-refractivity contribution is -0.116. The van der Waals surface area contributed by atoms with Crippen LogP contribution in [0, 0.1) is 6.92 Å². The van der Waals surface area contributed by atoms with Crippen molar-refractivity contribution in [2.45, 2.75) is 13.5 Å². The molecule has 0 aliphatic carbocycles. The van der Waals surface area contributed by atoms with Gasteiger partial charge in [0.25, 0.3) is 5.56 Å². The average Bonchev–Trinajstić information content (AvgIpc) is 2.52. The van der Waals surface area contributed by atoms with Gasteiger partial charge < -0.3 is 5.32 Å². The van der Waals surface area contributed by atoms with Gasteiger partial charge >= 0.3 is 0 Å². The molecule has 0 fully saturated rings. The highest BCUT2D eigenvalue weighted by molar-refractivity contribution is 6.00. The number of carbonyl (C=O) groups excluding carboxylic acids is 1. The smallest absolute Gasteiger partial charge is 0.256 e. The van der Waals surface area contributed by atoms with Crippen LogP contribution in [0.5, 0.6) is 0 Å². The Balaban J connectivity index is 1.85. The maximum atomic E-state index is 12.2. The van der Waals surface area contributed by atoms with E-state index in [1.165, 1.54) is 17.1 Å². The Kier molecular flexibility index (Phi) is 3.65. The van der Waals surface area contributed by atoms with E-state index in [0.717, 1.165) is 5.39 Å². The second-order valence-electron chi connectivity index (χ2n) is 4.94. The number of fused-ring (bicyclic) bond motifs is 1. The number of hydrogen-bond donors (Lipinski definition) is 1. The molecular formula is C16H14N4O2. The van der Waals surface area contributed by atoms with Crippen molar-refractivity contribution in [1.82, 2.24) is 14.5 Å². The molecule has 6 heteroatoms. The number of benzene rings is 1. The Morgan fingerprint density at radius 1 is 1.27 bits per heavy atom. The van der Waals surface area contributed by atoms with E-state index in [1.807, 2.05) is 24.3 Å². The van der Waals surface area contributed by atoms with E-state index in [0.29, 0.717) is 16.8 Å². The van der Waals surface area contributed by atoms with Gasteiger partial charge in [-0.2, -0.15) is 0 Å². The highest BCUT2D eigenvalue weighted by Gasteiger charge is 2.09. The van der Waals surface area contributed by atoms with Gasteiger partial charge in [0.05, 0.1) is 17.5 Å². The molecule has 1 amide bonds. The van der Waals surface area contributed by atoms with E-state index >= 15 is 0 Å². The zero-order chi connectivity index (χ0) is 15.5. The molecule has 3 aromatic rings. The second kappa shape index (κ2) is 5.77. The predicted octanol–water partition coefficient (Wildman–Crippen LogP) is 1.74. The number of hydrogen-bond acceptors (Lipinski definition) is 4. The number of pyridine rings is 1. The summed E-state index contributed by atoms with van der Waals surface area (Å²) in [4.78, 5) is 32.3. The van der Waals surface area contributed by atoms with Crippen molar-refractivity contribution in [3.8, 4) is 0 Å². The maximum absolute atomic E-state index is 12.2. The lowest BCUT2D eigenvalue weighted by Crippen LogP contribution is -2.28. The van der Waals surface area contributed by atoms with Crippen LogP contribution in [0.25, 0.3) is 10.9 Å². The fourth-order valence-corrected chi connectivity index (χ4v) is 2.22. The number of nitrogens with zero attached hydrogens (tertiary/aromatic N) is 3. The summed E-state index contributed by atoms with van der Waals surface area (Å²) in [6.07, 6.45) is 4.51. The first-order valence-electron chi connectivity index (χ1n) is 6.80. The highest BCUT2D eigenvalue weighted by atomic mass is 16.2. The minimum absolute atomic E-state index is 0.0866. The fraction of sp³-hybridized carbons (Fsp3) is 0.125. The first-order chi connectivity index (χ1) is 10.6. The monoisotopic (exact) mass is 294 g/mol. The molecule has 0 saturated heterocycles. The van der Waals surface area contributed by atoms with Crippen molar-refractivity contribution in [2.75, 3.05) is 5.32 Å². The molecule has 110 valence electrons. The lowest BCUT2D eigenvalue weighted by Gasteiger charge is -2.09. The second-order valence-corrected chi connectivity index (χ2v) is 4.94. The molecule has 2 heterocycles. The highest BCUT2D eigenvalue weighted by Crippen LogP contribution is 2.20. The van der Waals surface area contributed by atoms with Gasteiger partial charge in [0.15, 0.2) is 0 Å². The van der Waals surface area contributed by atoms with Gasteiger partial charge in [-0.05, 0) is 19.1 Å². The Bertz CT molecular complexity index is 897. The van der Waals surface area contributed by atoms with Crippen LogP contribution in [-0.4, -0.2) is 20.4 Å². The Hall–Kier alpha value is -3.02. The first kappa shape index (κ1) is 13.9. The quantitative estimate of drug-likeness (QED) is 0.798. The predicted molar refractivity (Wildman–Crippen MR) is 83.6 cm³/mol.